The van der Waals surface area contributed by atoms with Crippen molar-refractivity contribution in [3.05, 3.63) is 36.2 Å². The average molecular weight is 339 g/mol. The lowest BCUT2D eigenvalue weighted by atomic mass is 10.1. The molecule has 0 spiro atoms. The van der Waals surface area contributed by atoms with E-state index in [-0.39, 0.29) is 17.6 Å². The number of aromatic nitrogens is 2. The van der Waals surface area contributed by atoms with Crippen LogP contribution < -0.4 is 11.1 Å². The maximum absolute atomic E-state index is 12.6. The number of carbonyl (C=O) groups is 2. The molecule has 3 heterocycles. The fraction of sp³-hybridized carbons (Fsp3) is 0.333. The molecule has 1 saturated heterocycles. The second-order valence-electron chi connectivity index (χ2n) is 5.99. The Labute approximate surface area is 146 Å². The molecular formula is C18H21N5O2. The molecule has 0 saturated carbocycles. The van der Waals surface area contributed by atoms with E-state index in [1.165, 1.54) is 0 Å². The van der Waals surface area contributed by atoms with Crippen LogP contribution >= 0.6 is 0 Å². The summed E-state index contributed by atoms with van der Waals surface area (Å²) in [5.41, 5.74) is 7.90. The third-order valence-electron chi connectivity index (χ3n) is 4.22. The molecule has 0 aromatic carbocycles. The van der Waals surface area contributed by atoms with Crippen LogP contribution in [0.3, 0.4) is 0 Å². The first-order valence-electron chi connectivity index (χ1n) is 8.39. The van der Waals surface area contributed by atoms with Gasteiger partial charge in [-0.2, -0.15) is 0 Å². The Balaban J connectivity index is 1.90. The number of pyridine rings is 2. The van der Waals surface area contributed by atoms with E-state index in [1.54, 1.807) is 42.4 Å². The predicted molar refractivity (Wildman–Crippen MR) is 95.9 cm³/mol. The van der Waals surface area contributed by atoms with Crippen LogP contribution in [-0.2, 0) is 4.79 Å². The Bertz CT molecular complexity index is 800. The van der Waals surface area contributed by atoms with Crippen LogP contribution in [0.5, 0.6) is 0 Å². The van der Waals surface area contributed by atoms with E-state index in [4.69, 9.17) is 5.73 Å². The summed E-state index contributed by atoms with van der Waals surface area (Å²) in [6.45, 7) is 3.29. The third kappa shape index (κ3) is 3.76. The molecule has 1 fully saturated rings. The second-order valence-corrected chi connectivity index (χ2v) is 5.99. The molecule has 1 aliphatic rings. The summed E-state index contributed by atoms with van der Waals surface area (Å²) in [7, 11) is 0. The van der Waals surface area contributed by atoms with Gasteiger partial charge >= 0.3 is 0 Å². The summed E-state index contributed by atoms with van der Waals surface area (Å²) < 4.78 is 0. The highest BCUT2D eigenvalue weighted by atomic mass is 16.2. The molecule has 0 radical (unpaired) electrons. The standard InChI is InChI=1S/C18H21N5O2/c1-2-16(24)22-15-10-12(5-6-20-15)13-9-14(17(19)21-11-13)18(25)23-7-3-4-8-23/h5-6,9-11H,2-4,7-8H2,1H3,(H2,19,21)(H,20,22,24). The highest BCUT2D eigenvalue weighted by Crippen LogP contribution is 2.25. The molecule has 1 aliphatic heterocycles. The molecule has 2 aromatic rings. The zero-order valence-electron chi connectivity index (χ0n) is 14.2. The van der Waals surface area contributed by atoms with Crippen LogP contribution in [0, 0.1) is 0 Å². The number of carbonyl (C=O) groups excluding carboxylic acids is 2. The molecule has 7 heteroatoms. The van der Waals surface area contributed by atoms with Crippen LogP contribution in [0.1, 0.15) is 36.5 Å². The minimum Gasteiger partial charge on any atom is -0.383 e. The second kappa shape index (κ2) is 7.29. The van der Waals surface area contributed by atoms with E-state index in [9.17, 15) is 9.59 Å². The molecular weight excluding hydrogens is 318 g/mol. The highest BCUT2D eigenvalue weighted by molar-refractivity contribution is 5.99. The highest BCUT2D eigenvalue weighted by Gasteiger charge is 2.22. The number of anilines is 2. The number of nitrogen functional groups attached to an aromatic ring is 1. The number of nitrogens with two attached hydrogens (primary N) is 1. The lowest BCUT2D eigenvalue weighted by Gasteiger charge is -2.16. The summed E-state index contributed by atoms with van der Waals surface area (Å²) in [4.78, 5) is 34.3. The quantitative estimate of drug-likeness (QED) is 0.890. The summed E-state index contributed by atoms with van der Waals surface area (Å²) >= 11 is 0. The van der Waals surface area contributed by atoms with Crippen molar-refractivity contribution in [3.8, 4) is 11.1 Å². The summed E-state index contributed by atoms with van der Waals surface area (Å²) in [6, 6.07) is 5.31. The molecule has 0 unspecified atom stereocenters. The number of likely N-dealkylation sites (tertiary alicyclic amines) is 1. The Morgan fingerprint density at radius 2 is 1.96 bits per heavy atom. The molecule has 0 aliphatic carbocycles. The van der Waals surface area contributed by atoms with Crippen LogP contribution in [0.2, 0.25) is 0 Å². The van der Waals surface area contributed by atoms with Crippen LogP contribution in [0.25, 0.3) is 11.1 Å². The molecule has 2 amide bonds. The van der Waals surface area contributed by atoms with E-state index in [0.29, 0.717) is 17.8 Å². The molecule has 0 atom stereocenters. The summed E-state index contributed by atoms with van der Waals surface area (Å²) in [5, 5.41) is 2.72. The molecule has 25 heavy (non-hydrogen) atoms. The lowest BCUT2D eigenvalue weighted by Crippen LogP contribution is -2.28. The topological polar surface area (TPSA) is 101 Å². The number of nitrogens with one attached hydrogen (secondary N) is 1. The summed E-state index contributed by atoms with van der Waals surface area (Å²) in [6.07, 6.45) is 5.65. The van der Waals surface area contributed by atoms with Gasteiger partial charge in [-0.3, -0.25) is 9.59 Å². The normalized spacial score (nSPS) is 13.7. The number of nitrogens with zero attached hydrogens (tertiary/aromatic N) is 3. The van der Waals surface area contributed by atoms with Gasteiger partial charge in [-0.05, 0) is 36.6 Å². The molecule has 3 rings (SSSR count). The maximum atomic E-state index is 12.6. The number of rotatable bonds is 4. The van der Waals surface area contributed by atoms with Crippen LogP contribution in [0.4, 0.5) is 11.6 Å². The third-order valence-corrected chi connectivity index (χ3v) is 4.22. The Morgan fingerprint density at radius 1 is 1.20 bits per heavy atom. The van der Waals surface area contributed by atoms with Gasteiger partial charge in [-0.15, -0.1) is 0 Å². The minimum atomic E-state index is -0.106. The van der Waals surface area contributed by atoms with Crippen molar-refractivity contribution >= 4 is 23.5 Å². The molecule has 3 N–H and O–H groups in total. The maximum Gasteiger partial charge on any atom is 0.257 e. The average Bonchev–Trinajstić information content (AvgIpc) is 3.16. The number of hydrogen-bond donors (Lipinski definition) is 2. The van der Waals surface area contributed by atoms with Crippen LogP contribution in [-0.4, -0.2) is 39.8 Å². The van der Waals surface area contributed by atoms with Crippen molar-refractivity contribution in [1.82, 2.24) is 14.9 Å². The van der Waals surface area contributed by atoms with E-state index >= 15 is 0 Å². The smallest absolute Gasteiger partial charge is 0.257 e. The van der Waals surface area contributed by atoms with Gasteiger partial charge in [0.1, 0.15) is 11.6 Å². The predicted octanol–water partition coefficient (Wildman–Crippen LogP) is 2.31. The lowest BCUT2D eigenvalue weighted by molar-refractivity contribution is -0.115. The monoisotopic (exact) mass is 339 g/mol. The van der Waals surface area contributed by atoms with Gasteiger partial charge in [-0.1, -0.05) is 6.92 Å². The Hall–Kier alpha value is -2.96. The molecule has 0 bridgehead atoms. The largest absolute Gasteiger partial charge is 0.383 e. The van der Waals surface area contributed by atoms with E-state index in [2.05, 4.69) is 15.3 Å². The van der Waals surface area contributed by atoms with Crippen molar-refractivity contribution in [1.29, 1.82) is 0 Å². The van der Waals surface area contributed by atoms with Gasteiger partial charge in [0.2, 0.25) is 5.91 Å². The van der Waals surface area contributed by atoms with E-state index < -0.39 is 0 Å². The van der Waals surface area contributed by atoms with Gasteiger partial charge < -0.3 is 16.0 Å². The first kappa shape index (κ1) is 16.9. The molecule has 7 nitrogen and oxygen atoms in total. The zero-order valence-corrected chi connectivity index (χ0v) is 14.2. The Morgan fingerprint density at radius 3 is 2.68 bits per heavy atom. The van der Waals surface area contributed by atoms with Gasteiger partial charge in [0.15, 0.2) is 0 Å². The van der Waals surface area contributed by atoms with Crippen LogP contribution in [0.15, 0.2) is 30.6 Å². The van der Waals surface area contributed by atoms with E-state index in [0.717, 1.165) is 37.1 Å². The van der Waals surface area contributed by atoms with Gasteiger partial charge in [-0.25, -0.2) is 9.97 Å². The van der Waals surface area contributed by atoms with Crippen molar-refractivity contribution in [3.63, 3.8) is 0 Å². The van der Waals surface area contributed by atoms with E-state index in [1.807, 2.05) is 0 Å². The summed E-state index contributed by atoms with van der Waals surface area (Å²) in [5.74, 6) is 0.505. The van der Waals surface area contributed by atoms with Gasteiger partial charge in [0, 0.05) is 37.5 Å². The Kier molecular flexibility index (Phi) is 4.92. The molecule has 2 aromatic heterocycles. The number of amides is 2. The first-order chi connectivity index (χ1) is 12.1. The van der Waals surface area contributed by atoms with Gasteiger partial charge in [0.05, 0.1) is 5.56 Å². The zero-order chi connectivity index (χ0) is 17.8. The number of hydrogen-bond acceptors (Lipinski definition) is 5. The SMILES string of the molecule is CCC(=O)Nc1cc(-c2cnc(N)c(C(=O)N3CCCC3)c2)ccn1. The van der Waals surface area contributed by atoms with Crippen molar-refractivity contribution in [2.75, 3.05) is 24.1 Å². The first-order valence-corrected chi connectivity index (χ1v) is 8.39. The van der Waals surface area contributed by atoms with Crippen molar-refractivity contribution in [2.24, 2.45) is 0 Å². The fourth-order valence-corrected chi connectivity index (χ4v) is 2.80. The minimum absolute atomic E-state index is 0.0853. The van der Waals surface area contributed by atoms with Crippen molar-refractivity contribution < 1.29 is 9.59 Å². The molecule has 130 valence electrons. The van der Waals surface area contributed by atoms with Crippen molar-refractivity contribution in [2.45, 2.75) is 26.2 Å². The fourth-order valence-electron chi connectivity index (χ4n) is 2.80. The van der Waals surface area contributed by atoms with Gasteiger partial charge in [0.25, 0.3) is 5.91 Å².